The molecule has 2 atom stereocenters. The zero-order valence-electron chi connectivity index (χ0n) is 34.6. The molecule has 0 radical (unpaired) electrons. The van der Waals surface area contributed by atoms with Crippen molar-refractivity contribution in [3.63, 3.8) is 0 Å². The summed E-state index contributed by atoms with van der Waals surface area (Å²) >= 11 is -0.106. The molecule has 1 aromatic heterocycles. The molecule has 1 heterocycles. The summed E-state index contributed by atoms with van der Waals surface area (Å²) in [4.78, 5) is 10.3. The first-order valence-electron chi connectivity index (χ1n) is 20.4. The molecule has 0 saturated heterocycles. The van der Waals surface area contributed by atoms with Crippen LogP contribution in [0.3, 0.4) is 0 Å². The van der Waals surface area contributed by atoms with Crippen LogP contribution in [0.25, 0.3) is 0 Å². The van der Waals surface area contributed by atoms with Crippen LogP contribution in [-0.4, -0.2) is 40.1 Å². The van der Waals surface area contributed by atoms with E-state index in [0.717, 1.165) is 37.6 Å². The summed E-state index contributed by atoms with van der Waals surface area (Å²) in [5.74, 6) is 0. The van der Waals surface area contributed by atoms with Crippen LogP contribution < -0.4 is 21.2 Å². The average molecular weight is 979 g/mol. The predicted molar refractivity (Wildman–Crippen MR) is 256 cm³/mol. The first kappa shape index (κ1) is 46.9. The minimum absolute atomic E-state index is 0.0153. The van der Waals surface area contributed by atoms with Gasteiger partial charge in [-0.1, -0.05) is 188 Å². The molecule has 0 aliphatic rings. The average Bonchev–Trinajstić information content (AvgIpc) is 3.29. The van der Waals surface area contributed by atoms with E-state index in [1.165, 1.54) is 32.3 Å². The van der Waals surface area contributed by atoms with Crippen LogP contribution in [0.15, 0.2) is 200 Å². The third kappa shape index (κ3) is 15.9. The molecule has 0 unspecified atom stereocenters. The molecular weight excluding hydrogens is 926 g/mol. The molecule has 0 N–H and O–H groups in total. The summed E-state index contributed by atoms with van der Waals surface area (Å²) in [7, 11) is 7.68. The summed E-state index contributed by atoms with van der Waals surface area (Å²) in [5.41, 5.74) is 4.64. The van der Waals surface area contributed by atoms with Crippen molar-refractivity contribution in [1.29, 1.82) is 0 Å². The SMILES string of the molecule is C[C@H](CN(Cc1ccccc1)Cc1cccc(CN(Cc2ccccc2)C[C@@H](C)OP(c2ccccc2)c2ccccc2)n1)OP(c1ccccc1)c1ccccc1.[Cl][Pd][Cl]. The summed E-state index contributed by atoms with van der Waals surface area (Å²) < 4.78 is 13.9. The number of nitrogens with zero attached hydrogens (tertiary/aromatic N) is 3. The van der Waals surface area contributed by atoms with Gasteiger partial charge in [-0.15, -0.1) is 0 Å². The fourth-order valence-electron chi connectivity index (χ4n) is 7.17. The molecule has 0 aliphatic heterocycles. The Balaban J connectivity index is 0.00000201. The van der Waals surface area contributed by atoms with E-state index in [-0.39, 0.29) is 28.1 Å². The Morgan fingerprint density at radius 1 is 0.426 bits per heavy atom. The topological polar surface area (TPSA) is 37.8 Å². The van der Waals surface area contributed by atoms with E-state index in [9.17, 15) is 0 Å². The normalized spacial score (nSPS) is 12.4. The van der Waals surface area contributed by atoms with Gasteiger partial charge in [0.25, 0.3) is 0 Å². The Morgan fingerprint density at radius 3 is 1.00 bits per heavy atom. The predicted octanol–water partition coefficient (Wildman–Crippen LogP) is 11.4. The molecule has 61 heavy (non-hydrogen) atoms. The van der Waals surface area contributed by atoms with Crippen molar-refractivity contribution in [2.24, 2.45) is 0 Å². The van der Waals surface area contributed by atoms with E-state index >= 15 is 0 Å². The molecule has 0 spiro atoms. The van der Waals surface area contributed by atoms with Crippen LogP contribution in [0, 0.1) is 0 Å². The number of benzene rings is 6. The first-order valence-corrected chi connectivity index (χ1v) is 26.9. The van der Waals surface area contributed by atoms with Crippen LogP contribution >= 0.6 is 35.4 Å². The molecular formula is C51H53Cl2N3O2P2Pd. The van der Waals surface area contributed by atoms with Gasteiger partial charge in [-0.05, 0) is 37.1 Å². The number of hydrogen-bond donors (Lipinski definition) is 0. The number of aromatic nitrogens is 1. The van der Waals surface area contributed by atoms with E-state index in [1.807, 2.05) is 0 Å². The second-order valence-electron chi connectivity index (χ2n) is 14.7. The monoisotopic (exact) mass is 977 g/mol. The van der Waals surface area contributed by atoms with Crippen molar-refractivity contribution >= 4 is 56.6 Å². The summed E-state index contributed by atoms with van der Waals surface area (Å²) in [5, 5.41) is 4.87. The summed E-state index contributed by atoms with van der Waals surface area (Å²) in [6, 6.07) is 70.5. The standard InChI is InChI=1S/C51H53N3O2P2.2ClH.Pd/c1-42(55-57(48-28-13-5-14-29-48)49-30-15-6-16-31-49)36-53(38-44-22-9-3-10-23-44)40-46-26-21-27-47(52-46)41-54(39-45-24-11-4-12-25-45)37-43(2)56-58(50-32-17-7-18-33-50)51-34-19-8-20-35-51;;;/h3-35,42-43H,36-41H2,1-2H3;2*1H;/q;;;+2/p-2/t42-,43-;;;/m1.../s1. The van der Waals surface area contributed by atoms with Crippen LogP contribution in [0.2, 0.25) is 0 Å². The Kier molecular flexibility index (Phi) is 20.1. The number of pyridine rings is 1. The maximum atomic E-state index is 6.97. The third-order valence-electron chi connectivity index (χ3n) is 9.70. The van der Waals surface area contributed by atoms with Crippen LogP contribution in [-0.2, 0) is 51.2 Å². The number of rotatable bonds is 20. The van der Waals surface area contributed by atoms with Gasteiger partial charge < -0.3 is 9.05 Å². The number of halogens is 2. The van der Waals surface area contributed by atoms with Gasteiger partial charge in [0.1, 0.15) is 0 Å². The van der Waals surface area contributed by atoms with Gasteiger partial charge in [-0.25, -0.2) is 0 Å². The minimum atomic E-state index is -0.973. The van der Waals surface area contributed by atoms with Crippen molar-refractivity contribution in [1.82, 2.24) is 14.8 Å². The molecule has 5 nitrogen and oxygen atoms in total. The van der Waals surface area contributed by atoms with Crippen molar-refractivity contribution in [2.45, 2.75) is 52.2 Å². The van der Waals surface area contributed by atoms with Gasteiger partial charge in [0.2, 0.25) is 0 Å². The second-order valence-corrected chi connectivity index (χ2v) is 20.8. The molecule has 0 amide bonds. The summed E-state index contributed by atoms with van der Waals surface area (Å²) in [6.45, 7) is 8.96. The molecule has 318 valence electrons. The molecule has 0 fully saturated rings. The quantitative estimate of drug-likeness (QED) is 0.0562. The number of hydrogen-bond acceptors (Lipinski definition) is 5. The molecule has 7 rings (SSSR count). The van der Waals surface area contributed by atoms with E-state index in [0.29, 0.717) is 13.1 Å². The fraction of sp³-hybridized carbons (Fsp3) is 0.196. The van der Waals surface area contributed by atoms with Gasteiger partial charge in [-0.2, -0.15) is 0 Å². The molecule has 0 bridgehead atoms. The molecule has 10 heteroatoms. The van der Waals surface area contributed by atoms with Crippen molar-refractivity contribution in [3.8, 4) is 0 Å². The van der Waals surface area contributed by atoms with Crippen LogP contribution in [0.4, 0.5) is 0 Å². The van der Waals surface area contributed by atoms with Gasteiger partial charge in [0, 0.05) is 60.5 Å². The van der Waals surface area contributed by atoms with Gasteiger partial charge in [0.15, 0.2) is 0 Å². The zero-order chi connectivity index (χ0) is 42.5. The second kappa shape index (κ2) is 26.1. The Morgan fingerprint density at radius 2 is 0.705 bits per heavy atom. The maximum absolute atomic E-state index is 6.97. The molecule has 7 aromatic rings. The van der Waals surface area contributed by atoms with Gasteiger partial charge >= 0.3 is 35.0 Å². The van der Waals surface area contributed by atoms with Crippen molar-refractivity contribution < 1.29 is 25.0 Å². The Labute approximate surface area is 381 Å². The Bertz CT molecular complexity index is 2000. The first-order chi connectivity index (χ1) is 30.0. The van der Waals surface area contributed by atoms with Crippen LogP contribution in [0.5, 0.6) is 0 Å². The van der Waals surface area contributed by atoms with Crippen molar-refractivity contribution in [3.05, 3.63) is 223 Å². The molecule has 6 aromatic carbocycles. The zero-order valence-corrected chi connectivity index (χ0v) is 39.4. The Hall–Kier alpha value is -3.59. The fourth-order valence-corrected chi connectivity index (χ4v) is 10.9. The summed E-state index contributed by atoms with van der Waals surface area (Å²) in [6.07, 6.45) is -0.0305. The van der Waals surface area contributed by atoms with E-state index in [2.05, 4.69) is 224 Å². The molecule has 0 aliphatic carbocycles. The van der Waals surface area contributed by atoms with Crippen LogP contribution in [0.1, 0.15) is 36.4 Å². The van der Waals surface area contributed by atoms with Crippen molar-refractivity contribution in [2.75, 3.05) is 13.1 Å². The van der Waals surface area contributed by atoms with Gasteiger partial charge in [-0.3, -0.25) is 14.8 Å². The van der Waals surface area contributed by atoms with E-state index in [1.54, 1.807) is 0 Å². The van der Waals surface area contributed by atoms with E-state index in [4.69, 9.17) is 33.1 Å². The van der Waals surface area contributed by atoms with E-state index < -0.39 is 16.3 Å². The third-order valence-corrected chi connectivity index (χ3v) is 13.9. The molecule has 0 saturated carbocycles. The van der Waals surface area contributed by atoms with Gasteiger partial charge in [0.05, 0.1) is 39.9 Å².